The lowest BCUT2D eigenvalue weighted by Crippen LogP contribution is -2.46. The van der Waals surface area contributed by atoms with Gasteiger partial charge in [0, 0.05) is 33.2 Å². The first kappa shape index (κ1) is 10.4. The van der Waals surface area contributed by atoms with Gasteiger partial charge in [-0.15, -0.1) is 0 Å². The Morgan fingerprint density at radius 1 is 1.62 bits per heavy atom. The molecule has 0 aromatic carbocycles. The number of hydrogen-bond donors (Lipinski definition) is 0. The smallest absolute Gasteiger partial charge is 0.196 e. The van der Waals surface area contributed by atoms with Gasteiger partial charge in [0.15, 0.2) is 5.96 Å². The summed E-state index contributed by atoms with van der Waals surface area (Å²) in [5.41, 5.74) is 0. The molecule has 0 radical (unpaired) electrons. The summed E-state index contributed by atoms with van der Waals surface area (Å²) in [7, 11) is 4.26. The Kier molecular flexibility index (Phi) is 3.58. The highest BCUT2D eigenvalue weighted by molar-refractivity contribution is 5.80. The summed E-state index contributed by atoms with van der Waals surface area (Å²) in [6.45, 7) is 6.58. The Hall–Kier alpha value is -0.730. The lowest BCUT2D eigenvalue weighted by atomic mass is 10.2. The molecule has 0 bridgehead atoms. The van der Waals surface area contributed by atoms with E-state index in [0.29, 0.717) is 6.04 Å². The summed E-state index contributed by atoms with van der Waals surface area (Å²) in [6, 6.07) is 0.583. The van der Waals surface area contributed by atoms with Crippen LogP contribution in [0.4, 0.5) is 0 Å². The van der Waals surface area contributed by atoms with Crippen LogP contribution < -0.4 is 0 Å². The summed E-state index contributed by atoms with van der Waals surface area (Å²) in [4.78, 5) is 9.07. The van der Waals surface area contributed by atoms with E-state index < -0.39 is 0 Å². The van der Waals surface area contributed by atoms with Gasteiger partial charge in [0.2, 0.25) is 0 Å². The quantitative estimate of drug-likeness (QED) is 0.644. The number of rotatable bonds is 2. The number of hydrogen-bond acceptors (Lipinski definition) is 3. The highest BCUT2D eigenvalue weighted by Crippen LogP contribution is 2.08. The molecule has 0 aliphatic carbocycles. The molecule has 1 aliphatic heterocycles. The fourth-order valence-electron chi connectivity index (χ4n) is 1.56. The van der Waals surface area contributed by atoms with Crippen molar-refractivity contribution in [2.24, 2.45) is 4.99 Å². The van der Waals surface area contributed by atoms with Crippen molar-refractivity contribution in [1.82, 2.24) is 9.80 Å². The van der Waals surface area contributed by atoms with E-state index in [4.69, 9.17) is 0 Å². The van der Waals surface area contributed by atoms with Crippen molar-refractivity contribution in [3.63, 3.8) is 0 Å². The minimum Gasteiger partial charge on any atom is -0.346 e. The first-order valence-corrected chi connectivity index (χ1v) is 5.15. The van der Waals surface area contributed by atoms with Crippen LogP contribution in [0.5, 0.6) is 0 Å². The summed E-state index contributed by atoms with van der Waals surface area (Å²) in [5, 5.41) is 0. The molecule has 0 saturated carbocycles. The number of nitrogens with zero attached hydrogens (tertiary/aromatic N) is 3. The fraction of sp³-hybridized carbons (Fsp3) is 0.900. The van der Waals surface area contributed by atoms with Gasteiger partial charge in [-0.05, 0) is 19.8 Å². The molecular formula is C10H21N3. The van der Waals surface area contributed by atoms with Crippen LogP contribution in [-0.2, 0) is 0 Å². The minimum atomic E-state index is 0.583. The van der Waals surface area contributed by atoms with Gasteiger partial charge in [0.05, 0.1) is 0 Å². The monoisotopic (exact) mass is 183 g/mol. The molecule has 1 unspecified atom stereocenters. The average molecular weight is 183 g/mol. The second-order valence-corrected chi connectivity index (χ2v) is 3.83. The van der Waals surface area contributed by atoms with Crippen LogP contribution in [0.1, 0.15) is 26.7 Å². The van der Waals surface area contributed by atoms with Gasteiger partial charge >= 0.3 is 0 Å². The van der Waals surface area contributed by atoms with Crippen molar-refractivity contribution >= 4 is 5.96 Å². The Labute approximate surface area is 81.4 Å². The maximum atomic E-state index is 4.55. The van der Waals surface area contributed by atoms with Gasteiger partial charge in [-0.2, -0.15) is 0 Å². The third-order valence-corrected chi connectivity index (χ3v) is 2.81. The normalized spacial score (nSPS) is 19.7. The third kappa shape index (κ3) is 2.36. The third-order valence-electron chi connectivity index (χ3n) is 2.81. The van der Waals surface area contributed by atoms with E-state index in [0.717, 1.165) is 19.0 Å². The van der Waals surface area contributed by atoms with Gasteiger partial charge in [-0.1, -0.05) is 6.92 Å². The molecule has 0 amide bonds. The molecular weight excluding hydrogens is 162 g/mol. The van der Waals surface area contributed by atoms with Gasteiger partial charge in [0.25, 0.3) is 0 Å². The Bertz CT molecular complexity index is 189. The molecule has 0 N–H and O–H groups in total. The van der Waals surface area contributed by atoms with E-state index >= 15 is 0 Å². The van der Waals surface area contributed by atoms with Gasteiger partial charge in [-0.25, -0.2) is 0 Å². The summed E-state index contributed by atoms with van der Waals surface area (Å²) >= 11 is 0. The van der Waals surface area contributed by atoms with Crippen LogP contribution in [-0.4, -0.2) is 49.0 Å². The molecule has 0 spiro atoms. The first-order chi connectivity index (χ1) is 6.16. The molecule has 3 heteroatoms. The van der Waals surface area contributed by atoms with E-state index in [-0.39, 0.29) is 0 Å². The van der Waals surface area contributed by atoms with Gasteiger partial charge in [-0.3, -0.25) is 4.99 Å². The number of aliphatic imine (C=N–C) groups is 1. The van der Waals surface area contributed by atoms with Crippen molar-refractivity contribution < 1.29 is 0 Å². The fourth-order valence-corrected chi connectivity index (χ4v) is 1.56. The van der Waals surface area contributed by atoms with E-state index in [1.807, 2.05) is 0 Å². The van der Waals surface area contributed by atoms with Crippen LogP contribution in [0.3, 0.4) is 0 Å². The molecule has 0 saturated heterocycles. The standard InChI is InChI=1S/C10H21N3/c1-5-9(2)13(4)10-11-7-6-8-12(10)3/h9H,5-8H2,1-4H3. The molecule has 0 aromatic heterocycles. The van der Waals surface area contributed by atoms with Gasteiger partial charge in [0.1, 0.15) is 0 Å². The lowest BCUT2D eigenvalue weighted by molar-refractivity contribution is 0.309. The Morgan fingerprint density at radius 2 is 2.31 bits per heavy atom. The summed E-state index contributed by atoms with van der Waals surface area (Å²) in [6.07, 6.45) is 2.36. The average Bonchev–Trinajstić information content (AvgIpc) is 2.16. The predicted octanol–water partition coefficient (Wildman–Crippen LogP) is 1.41. The minimum absolute atomic E-state index is 0.583. The molecule has 1 heterocycles. The topological polar surface area (TPSA) is 18.8 Å². The molecule has 1 atom stereocenters. The van der Waals surface area contributed by atoms with Crippen LogP contribution in [0, 0.1) is 0 Å². The predicted molar refractivity (Wildman–Crippen MR) is 57.1 cm³/mol. The van der Waals surface area contributed by atoms with E-state index in [9.17, 15) is 0 Å². The maximum Gasteiger partial charge on any atom is 0.196 e. The van der Waals surface area contributed by atoms with Crippen molar-refractivity contribution in [2.45, 2.75) is 32.7 Å². The van der Waals surface area contributed by atoms with Crippen LogP contribution in [0.2, 0.25) is 0 Å². The van der Waals surface area contributed by atoms with Crippen LogP contribution in [0.15, 0.2) is 4.99 Å². The second-order valence-electron chi connectivity index (χ2n) is 3.83. The van der Waals surface area contributed by atoms with Crippen molar-refractivity contribution in [3.05, 3.63) is 0 Å². The second kappa shape index (κ2) is 4.49. The lowest BCUT2D eigenvalue weighted by Gasteiger charge is -2.35. The SMILES string of the molecule is CCC(C)N(C)C1=NCCCN1C. The molecule has 3 nitrogen and oxygen atoms in total. The van der Waals surface area contributed by atoms with Crippen LogP contribution >= 0.6 is 0 Å². The molecule has 13 heavy (non-hydrogen) atoms. The zero-order chi connectivity index (χ0) is 9.84. The summed E-state index contributed by atoms with van der Waals surface area (Å²) < 4.78 is 0. The highest BCUT2D eigenvalue weighted by atomic mass is 15.4. The zero-order valence-electron chi connectivity index (χ0n) is 9.25. The molecule has 0 fully saturated rings. The molecule has 0 aromatic rings. The number of guanidine groups is 1. The van der Waals surface area contributed by atoms with E-state index in [1.54, 1.807) is 0 Å². The largest absolute Gasteiger partial charge is 0.346 e. The Morgan fingerprint density at radius 3 is 2.85 bits per heavy atom. The molecule has 76 valence electrons. The first-order valence-electron chi connectivity index (χ1n) is 5.15. The van der Waals surface area contributed by atoms with Crippen molar-refractivity contribution in [2.75, 3.05) is 27.2 Å². The molecule has 1 aliphatic rings. The van der Waals surface area contributed by atoms with Crippen molar-refractivity contribution in [1.29, 1.82) is 0 Å². The Balaban J connectivity index is 2.63. The zero-order valence-corrected chi connectivity index (χ0v) is 9.25. The van der Waals surface area contributed by atoms with E-state index in [2.05, 4.69) is 42.7 Å². The van der Waals surface area contributed by atoms with Crippen LogP contribution in [0.25, 0.3) is 0 Å². The highest BCUT2D eigenvalue weighted by Gasteiger charge is 2.18. The summed E-state index contributed by atoms with van der Waals surface area (Å²) in [5.74, 6) is 1.15. The van der Waals surface area contributed by atoms with Crippen molar-refractivity contribution in [3.8, 4) is 0 Å². The maximum absolute atomic E-state index is 4.55. The van der Waals surface area contributed by atoms with E-state index in [1.165, 1.54) is 12.8 Å². The molecule has 1 rings (SSSR count). The van der Waals surface area contributed by atoms with Gasteiger partial charge < -0.3 is 9.80 Å².